The van der Waals surface area contributed by atoms with E-state index < -0.39 is 0 Å². The minimum Gasteiger partial charge on any atom is -0.317 e. The summed E-state index contributed by atoms with van der Waals surface area (Å²) < 4.78 is 0. The van der Waals surface area contributed by atoms with Gasteiger partial charge in [0.2, 0.25) is 0 Å². The second-order valence-electron chi connectivity index (χ2n) is 4.02. The van der Waals surface area contributed by atoms with E-state index in [1.54, 1.807) is 11.3 Å². The Morgan fingerprint density at radius 2 is 2.27 bits per heavy atom. The zero-order chi connectivity index (χ0) is 11.1. The molecule has 0 bridgehead atoms. The Hall–Kier alpha value is -0.410. The number of aromatic nitrogens is 1. The first kappa shape index (κ1) is 12.7. The van der Waals surface area contributed by atoms with Gasteiger partial charge in [-0.05, 0) is 38.8 Å². The van der Waals surface area contributed by atoms with Crippen molar-refractivity contribution in [1.82, 2.24) is 10.3 Å². The van der Waals surface area contributed by atoms with Gasteiger partial charge < -0.3 is 5.32 Å². The van der Waals surface area contributed by atoms with Gasteiger partial charge in [0.1, 0.15) is 0 Å². The van der Waals surface area contributed by atoms with Crippen LogP contribution < -0.4 is 5.32 Å². The summed E-state index contributed by atoms with van der Waals surface area (Å²) in [5.74, 6) is 0.747. The summed E-state index contributed by atoms with van der Waals surface area (Å²) >= 11 is 1.76. The first-order valence-electron chi connectivity index (χ1n) is 5.88. The van der Waals surface area contributed by atoms with Crippen LogP contribution in [0.5, 0.6) is 0 Å². The van der Waals surface area contributed by atoms with Crippen molar-refractivity contribution >= 4 is 11.3 Å². The largest absolute Gasteiger partial charge is 0.317 e. The molecular weight excluding hydrogens is 204 g/mol. The molecule has 1 aromatic heterocycles. The Labute approximate surface area is 97.1 Å². The smallest absolute Gasteiger partial charge is 0.0897 e. The average molecular weight is 226 g/mol. The van der Waals surface area contributed by atoms with Gasteiger partial charge in [-0.1, -0.05) is 20.3 Å². The van der Waals surface area contributed by atoms with E-state index in [-0.39, 0.29) is 0 Å². The van der Waals surface area contributed by atoms with Gasteiger partial charge in [-0.25, -0.2) is 4.98 Å². The third-order valence-corrected chi connectivity index (χ3v) is 3.37. The molecule has 0 saturated carbocycles. The van der Waals surface area contributed by atoms with E-state index in [4.69, 9.17) is 0 Å². The Morgan fingerprint density at radius 1 is 1.47 bits per heavy atom. The number of nitrogens with one attached hydrogen (secondary N) is 1. The van der Waals surface area contributed by atoms with Crippen LogP contribution in [0.1, 0.15) is 37.4 Å². The predicted octanol–water partition coefficient (Wildman–Crippen LogP) is 3.02. The lowest BCUT2D eigenvalue weighted by molar-refractivity contribution is 0.441. The van der Waals surface area contributed by atoms with Crippen LogP contribution in [-0.4, -0.2) is 18.1 Å². The molecule has 2 nitrogen and oxygen atoms in total. The van der Waals surface area contributed by atoms with Crippen molar-refractivity contribution in [3.8, 4) is 0 Å². The molecule has 0 radical (unpaired) electrons. The summed E-state index contributed by atoms with van der Waals surface area (Å²) in [7, 11) is 0. The van der Waals surface area contributed by atoms with Crippen molar-refractivity contribution in [3.63, 3.8) is 0 Å². The molecule has 1 atom stereocenters. The molecular formula is C12H22N2S. The van der Waals surface area contributed by atoms with Gasteiger partial charge in [-0.3, -0.25) is 0 Å². The third kappa shape index (κ3) is 4.76. The van der Waals surface area contributed by atoms with Crippen LogP contribution >= 0.6 is 11.3 Å². The lowest BCUT2D eigenvalue weighted by atomic mass is 9.98. The van der Waals surface area contributed by atoms with E-state index >= 15 is 0 Å². The second-order valence-corrected chi connectivity index (χ2v) is 5.09. The summed E-state index contributed by atoms with van der Waals surface area (Å²) in [6, 6.07) is 0. The van der Waals surface area contributed by atoms with Crippen molar-refractivity contribution in [1.29, 1.82) is 0 Å². The quantitative estimate of drug-likeness (QED) is 0.773. The SMILES string of the molecule is CCCC(CNCC)Cc1csc(C)n1. The Kier molecular flexibility index (Phi) is 5.88. The monoisotopic (exact) mass is 226 g/mol. The highest BCUT2D eigenvalue weighted by molar-refractivity contribution is 7.09. The fourth-order valence-electron chi connectivity index (χ4n) is 1.83. The Morgan fingerprint density at radius 3 is 2.80 bits per heavy atom. The van der Waals surface area contributed by atoms with Gasteiger partial charge in [0.15, 0.2) is 0 Å². The van der Waals surface area contributed by atoms with Crippen molar-refractivity contribution in [3.05, 3.63) is 16.1 Å². The first-order chi connectivity index (χ1) is 7.26. The van der Waals surface area contributed by atoms with E-state index in [2.05, 4.69) is 36.5 Å². The highest BCUT2D eigenvalue weighted by atomic mass is 32.1. The zero-order valence-corrected chi connectivity index (χ0v) is 10.9. The van der Waals surface area contributed by atoms with Gasteiger partial charge in [-0.2, -0.15) is 0 Å². The molecule has 0 aliphatic heterocycles. The van der Waals surface area contributed by atoms with E-state index in [0.717, 1.165) is 25.4 Å². The standard InChI is InChI=1S/C12H22N2S/c1-4-6-11(8-13-5-2)7-12-9-15-10(3)14-12/h9,11,13H,4-8H2,1-3H3. The molecule has 0 amide bonds. The topological polar surface area (TPSA) is 24.9 Å². The number of hydrogen-bond donors (Lipinski definition) is 1. The molecule has 0 fully saturated rings. The second kappa shape index (κ2) is 6.96. The van der Waals surface area contributed by atoms with E-state index in [0.29, 0.717) is 0 Å². The Balaban J connectivity index is 2.42. The van der Waals surface area contributed by atoms with E-state index in [9.17, 15) is 0 Å². The van der Waals surface area contributed by atoms with Gasteiger partial charge in [0.25, 0.3) is 0 Å². The maximum Gasteiger partial charge on any atom is 0.0897 e. The Bertz CT molecular complexity index is 270. The van der Waals surface area contributed by atoms with Crippen LogP contribution in [0.25, 0.3) is 0 Å². The van der Waals surface area contributed by atoms with Crippen molar-refractivity contribution in [2.75, 3.05) is 13.1 Å². The van der Waals surface area contributed by atoms with Crippen LogP contribution in [0.3, 0.4) is 0 Å². The van der Waals surface area contributed by atoms with Gasteiger partial charge in [0, 0.05) is 5.38 Å². The van der Waals surface area contributed by atoms with Gasteiger partial charge in [-0.15, -0.1) is 11.3 Å². The molecule has 1 unspecified atom stereocenters. The lowest BCUT2D eigenvalue weighted by Crippen LogP contribution is -2.24. The summed E-state index contributed by atoms with van der Waals surface area (Å²) in [5.41, 5.74) is 1.27. The predicted molar refractivity (Wildman–Crippen MR) is 67.5 cm³/mol. The molecule has 0 aliphatic rings. The number of hydrogen-bond acceptors (Lipinski definition) is 3. The average Bonchev–Trinajstić information content (AvgIpc) is 2.61. The normalized spacial score (nSPS) is 13.0. The molecule has 1 heterocycles. The minimum atomic E-state index is 0.747. The molecule has 0 saturated heterocycles. The molecule has 86 valence electrons. The molecule has 1 rings (SSSR count). The highest BCUT2D eigenvalue weighted by Gasteiger charge is 2.10. The maximum absolute atomic E-state index is 4.53. The van der Waals surface area contributed by atoms with Gasteiger partial charge in [0.05, 0.1) is 10.7 Å². The molecule has 0 aromatic carbocycles. The first-order valence-corrected chi connectivity index (χ1v) is 6.75. The molecule has 1 N–H and O–H groups in total. The number of rotatable bonds is 7. The molecule has 15 heavy (non-hydrogen) atoms. The van der Waals surface area contributed by atoms with Crippen LogP contribution in [0.2, 0.25) is 0 Å². The van der Waals surface area contributed by atoms with E-state index in [1.807, 2.05) is 0 Å². The fraction of sp³-hybridized carbons (Fsp3) is 0.750. The summed E-state index contributed by atoms with van der Waals surface area (Å²) in [6.45, 7) is 8.69. The van der Waals surface area contributed by atoms with Crippen molar-refractivity contribution in [2.45, 2.75) is 40.0 Å². The number of thiazole rings is 1. The molecule has 0 spiro atoms. The van der Waals surface area contributed by atoms with Crippen molar-refractivity contribution < 1.29 is 0 Å². The number of aryl methyl sites for hydroxylation is 1. The van der Waals surface area contributed by atoms with Crippen LogP contribution in [0, 0.1) is 12.8 Å². The van der Waals surface area contributed by atoms with Crippen LogP contribution in [0.15, 0.2) is 5.38 Å². The summed E-state index contributed by atoms with van der Waals surface area (Å²) in [4.78, 5) is 4.53. The lowest BCUT2D eigenvalue weighted by Gasteiger charge is -2.14. The van der Waals surface area contributed by atoms with Crippen LogP contribution in [0.4, 0.5) is 0 Å². The number of nitrogens with zero attached hydrogens (tertiary/aromatic N) is 1. The molecule has 3 heteroatoms. The zero-order valence-electron chi connectivity index (χ0n) is 10.0. The van der Waals surface area contributed by atoms with E-state index in [1.165, 1.54) is 23.5 Å². The molecule has 1 aromatic rings. The van der Waals surface area contributed by atoms with Gasteiger partial charge >= 0.3 is 0 Å². The summed E-state index contributed by atoms with van der Waals surface area (Å²) in [6.07, 6.45) is 3.69. The summed E-state index contributed by atoms with van der Waals surface area (Å²) in [5, 5.41) is 6.82. The molecule has 0 aliphatic carbocycles. The van der Waals surface area contributed by atoms with Crippen LogP contribution in [-0.2, 0) is 6.42 Å². The van der Waals surface area contributed by atoms with Crippen molar-refractivity contribution in [2.24, 2.45) is 5.92 Å². The fourth-order valence-corrected chi connectivity index (χ4v) is 2.46. The third-order valence-electron chi connectivity index (χ3n) is 2.54. The maximum atomic E-state index is 4.53. The highest BCUT2D eigenvalue weighted by Crippen LogP contribution is 2.15. The minimum absolute atomic E-state index is 0.747.